The lowest BCUT2D eigenvalue weighted by Crippen LogP contribution is -2.35. The fourth-order valence-electron chi connectivity index (χ4n) is 3.72. The molecule has 0 saturated heterocycles. The average molecular weight is 442 g/mol. The zero-order valence-corrected chi connectivity index (χ0v) is 18.8. The van der Waals surface area contributed by atoms with Crippen molar-refractivity contribution in [1.29, 1.82) is 0 Å². The molecular formula is C22H23N3O3S2. The van der Waals surface area contributed by atoms with Gasteiger partial charge in [0.2, 0.25) is 0 Å². The van der Waals surface area contributed by atoms with Gasteiger partial charge in [-0.15, -0.1) is 22.7 Å². The summed E-state index contributed by atoms with van der Waals surface area (Å²) >= 11 is 3.27. The van der Waals surface area contributed by atoms with Gasteiger partial charge in [-0.25, -0.2) is 4.98 Å². The summed E-state index contributed by atoms with van der Waals surface area (Å²) in [6.45, 7) is 6.39. The molecule has 1 amide bonds. The maximum atomic E-state index is 12.6. The Balaban J connectivity index is 1.41. The summed E-state index contributed by atoms with van der Waals surface area (Å²) in [5.41, 5.74) is 1.42. The number of aromatic nitrogens is 2. The van der Waals surface area contributed by atoms with E-state index in [0.717, 1.165) is 20.5 Å². The monoisotopic (exact) mass is 441 g/mol. The molecule has 156 valence electrons. The van der Waals surface area contributed by atoms with E-state index in [9.17, 15) is 14.4 Å². The number of nitrogens with zero attached hydrogens (tertiary/aromatic N) is 1. The molecule has 0 fully saturated rings. The number of ketones is 1. The molecule has 0 spiro atoms. The molecule has 2 N–H and O–H groups in total. The summed E-state index contributed by atoms with van der Waals surface area (Å²) in [5.74, 6) is -0.487. The highest BCUT2D eigenvalue weighted by Crippen LogP contribution is 2.33. The predicted molar refractivity (Wildman–Crippen MR) is 120 cm³/mol. The van der Waals surface area contributed by atoms with Crippen LogP contribution in [0, 0.1) is 12.3 Å². The first-order valence-corrected chi connectivity index (χ1v) is 11.5. The van der Waals surface area contributed by atoms with Crippen molar-refractivity contribution in [2.75, 3.05) is 6.54 Å². The normalized spacial score (nSPS) is 15.1. The predicted octanol–water partition coefficient (Wildman–Crippen LogP) is 4.00. The van der Waals surface area contributed by atoms with E-state index < -0.39 is 11.5 Å². The van der Waals surface area contributed by atoms with E-state index in [1.54, 1.807) is 22.7 Å². The molecule has 0 aliphatic heterocycles. The minimum atomic E-state index is -0.455. The Bertz CT molecular complexity index is 1190. The second-order valence-electron chi connectivity index (χ2n) is 8.37. The number of aryl methyl sites for hydroxylation is 1. The molecule has 3 aromatic rings. The molecule has 3 heterocycles. The van der Waals surface area contributed by atoms with Crippen molar-refractivity contribution in [2.45, 2.75) is 40.0 Å². The van der Waals surface area contributed by atoms with Gasteiger partial charge in [0.15, 0.2) is 5.78 Å². The van der Waals surface area contributed by atoms with Crippen LogP contribution in [0.2, 0.25) is 0 Å². The number of carbonyl (C=O) groups is 2. The molecule has 30 heavy (non-hydrogen) atoms. The van der Waals surface area contributed by atoms with Crippen molar-refractivity contribution < 1.29 is 9.59 Å². The van der Waals surface area contributed by atoms with Crippen LogP contribution < -0.4 is 10.9 Å². The number of nitrogens with one attached hydrogen (secondary N) is 2. The van der Waals surface area contributed by atoms with Gasteiger partial charge in [-0.05, 0) is 43.4 Å². The van der Waals surface area contributed by atoms with Crippen LogP contribution in [-0.4, -0.2) is 28.2 Å². The number of aromatic amines is 1. The van der Waals surface area contributed by atoms with Crippen LogP contribution in [0.3, 0.4) is 0 Å². The number of amides is 1. The Hall–Kier alpha value is -2.58. The van der Waals surface area contributed by atoms with Crippen LogP contribution >= 0.6 is 22.7 Å². The van der Waals surface area contributed by atoms with Gasteiger partial charge < -0.3 is 10.3 Å². The van der Waals surface area contributed by atoms with Crippen LogP contribution in [0.25, 0.3) is 10.6 Å². The highest BCUT2D eigenvalue weighted by molar-refractivity contribution is 7.16. The van der Waals surface area contributed by atoms with E-state index in [4.69, 9.17) is 0 Å². The molecule has 0 aromatic carbocycles. The SMILES string of the molecule is Cc1nc(-c2ccc(CCNC(=O)c3cc4c([nH]c3=O)CC(C)(C)CC4=O)s2)cs1. The van der Waals surface area contributed by atoms with E-state index in [1.807, 2.05) is 38.3 Å². The lowest BCUT2D eigenvalue weighted by Gasteiger charge is -2.29. The summed E-state index contributed by atoms with van der Waals surface area (Å²) in [4.78, 5) is 46.9. The summed E-state index contributed by atoms with van der Waals surface area (Å²) in [6, 6.07) is 5.53. The zero-order chi connectivity index (χ0) is 21.5. The topological polar surface area (TPSA) is 91.9 Å². The molecule has 8 heteroatoms. The Morgan fingerprint density at radius 3 is 2.80 bits per heavy atom. The van der Waals surface area contributed by atoms with Gasteiger partial charge in [-0.2, -0.15) is 0 Å². The Kier molecular flexibility index (Phi) is 5.46. The maximum absolute atomic E-state index is 12.6. The number of rotatable bonds is 5. The first-order valence-electron chi connectivity index (χ1n) is 9.81. The highest BCUT2D eigenvalue weighted by Gasteiger charge is 2.32. The fourth-order valence-corrected chi connectivity index (χ4v) is 5.37. The van der Waals surface area contributed by atoms with Crippen molar-refractivity contribution >= 4 is 34.4 Å². The third-order valence-electron chi connectivity index (χ3n) is 5.15. The second-order valence-corrected chi connectivity index (χ2v) is 10.6. The van der Waals surface area contributed by atoms with Gasteiger partial charge >= 0.3 is 0 Å². The minimum absolute atomic E-state index is 0.00776. The van der Waals surface area contributed by atoms with Crippen molar-refractivity contribution in [1.82, 2.24) is 15.3 Å². The molecular weight excluding hydrogens is 418 g/mol. The summed E-state index contributed by atoms with van der Waals surface area (Å²) in [6.07, 6.45) is 1.69. The number of Topliss-reactive ketones (excluding diaryl/α,β-unsaturated/α-hetero) is 1. The minimum Gasteiger partial charge on any atom is -0.352 e. The van der Waals surface area contributed by atoms with E-state index in [0.29, 0.717) is 37.1 Å². The molecule has 4 rings (SSSR count). The molecule has 6 nitrogen and oxygen atoms in total. The Labute approximate surface area is 182 Å². The van der Waals surface area contributed by atoms with Gasteiger partial charge in [0.05, 0.1) is 15.6 Å². The summed E-state index contributed by atoms with van der Waals surface area (Å²) in [5, 5.41) is 5.87. The van der Waals surface area contributed by atoms with Crippen molar-refractivity contribution in [3.8, 4) is 10.6 Å². The Morgan fingerprint density at radius 1 is 1.27 bits per heavy atom. The van der Waals surface area contributed by atoms with Gasteiger partial charge in [-0.1, -0.05) is 13.8 Å². The number of hydrogen-bond donors (Lipinski definition) is 2. The molecule has 0 unspecified atom stereocenters. The van der Waals surface area contributed by atoms with Crippen LogP contribution in [0.1, 0.15) is 56.6 Å². The van der Waals surface area contributed by atoms with Crippen molar-refractivity contribution in [3.63, 3.8) is 0 Å². The third-order valence-corrected chi connectivity index (χ3v) is 7.09. The first-order chi connectivity index (χ1) is 14.2. The standard InChI is InChI=1S/C22H23N3O3S2/c1-12-24-17(11-29-12)19-5-4-13(30-19)6-7-23-20(27)15-8-14-16(25-21(15)28)9-22(2,3)10-18(14)26/h4-5,8,11H,6-7,9-10H2,1-3H3,(H,23,27)(H,25,28). The number of pyridine rings is 1. The molecule has 3 aromatic heterocycles. The number of hydrogen-bond acceptors (Lipinski definition) is 6. The number of fused-ring (bicyclic) bond motifs is 1. The van der Waals surface area contributed by atoms with Gasteiger partial charge in [-0.3, -0.25) is 14.4 Å². The smallest absolute Gasteiger partial charge is 0.261 e. The van der Waals surface area contributed by atoms with E-state index in [2.05, 4.69) is 15.3 Å². The molecule has 1 aliphatic carbocycles. The first kappa shape index (κ1) is 20.7. The lowest BCUT2D eigenvalue weighted by atomic mass is 9.75. The number of thiazole rings is 1. The van der Waals surface area contributed by atoms with Crippen LogP contribution in [0.4, 0.5) is 0 Å². The fraction of sp³-hybridized carbons (Fsp3) is 0.364. The highest BCUT2D eigenvalue weighted by atomic mass is 32.1. The van der Waals surface area contributed by atoms with Crippen molar-refractivity contribution in [3.05, 3.63) is 60.6 Å². The van der Waals surface area contributed by atoms with Crippen LogP contribution in [0.5, 0.6) is 0 Å². The molecule has 0 radical (unpaired) electrons. The van der Waals surface area contributed by atoms with E-state index >= 15 is 0 Å². The van der Waals surface area contributed by atoms with Gasteiger partial charge in [0, 0.05) is 34.5 Å². The quantitative estimate of drug-likeness (QED) is 0.626. The zero-order valence-electron chi connectivity index (χ0n) is 17.1. The van der Waals surface area contributed by atoms with Crippen LogP contribution in [0.15, 0.2) is 28.4 Å². The molecule has 0 atom stereocenters. The third kappa shape index (κ3) is 4.29. The van der Waals surface area contributed by atoms with Gasteiger partial charge in [0.25, 0.3) is 11.5 Å². The number of carbonyl (C=O) groups excluding carboxylic acids is 2. The Morgan fingerprint density at radius 2 is 2.07 bits per heavy atom. The maximum Gasteiger partial charge on any atom is 0.261 e. The van der Waals surface area contributed by atoms with Crippen molar-refractivity contribution in [2.24, 2.45) is 5.41 Å². The molecule has 0 saturated carbocycles. The average Bonchev–Trinajstić information content (AvgIpc) is 3.29. The molecule has 0 bridgehead atoms. The summed E-state index contributed by atoms with van der Waals surface area (Å²) < 4.78 is 0. The summed E-state index contributed by atoms with van der Waals surface area (Å²) in [7, 11) is 0. The van der Waals surface area contributed by atoms with E-state index in [-0.39, 0.29) is 16.8 Å². The number of thiophene rings is 1. The number of H-pyrrole nitrogens is 1. The van der Waals surface area contributed by atoms with Gasteiger partial charge in [0.1, 0.15) is 5.56 Å². The molecule has 1 aliphatic rings. The lowest BCUT2D eigenvalue weighted by molar-refractivity contribution is 0.0910. The van der Waals surface area contributed by atoms with Crippen LogP contribution in [-0.2, 0) is 12.8 Å². The van der Waals surface area contributed by atoms with E-state index in [1.165, 1.54) is 6.07 Å². The second kappa shape index (κ2) is 7.92. The largest absolute Gasteiger partial charge is 0.352 e.